The normalized spacial score (nSPS) is 24.7. The molecule has 144 valence electrons. The first-order valence-corrected chi connectivity index (χ1v) is 9.83. The minimum atomic E-state index is -3.72. The quantitative estimate of drug-likeness (QED) is 0.544. The van der Waals surface area contributed by atoms with Crippen LogP contribution >= 0.6 is 7.82 Å². The van der Waals surface area contributed by atoms with Crippen LogP contribution in [0.4, 0.5) is 0 Å². The van der Waals surface area contributed by atoms with E-state index in [-0.39, 0.29) is 25.6 Å². The number of hydrogen-bond acceptors (Lipinski definition) is 7. The summed E-state index contributed by atoms with van der Waals surface area (Å²) in [6, 6.07) is 9.36. The average Bonchev–Trinajstić information content (AvgIpc) is 2.63. The van der Waals surface area contributed by atoms with Crippen LogP contribution in [0.2, 0.25) is 0 Å². The first-order valence-electron chi connectivity index (χ1n) is 8.37. The Morgan fingerprint density at radius 1 is 1.38 bits per heavy atom. The van der Waals surface area contributed by atoms with E-state index in [0.29, 0.717) is 12.2 Å². The molecule has 7 nitrogen and oxygen atoms in total. The van der Waals surface area contributed by atoms with Crippen LogP contribution in [0.3, 0.4) is 0 Å². The van der Waals surface area contributed by atoms with Crippen LogP contribution in [0.1, 0.15) is 25.8 Å². The predicted octanol–water partition coefficient (Wildman–Crippen LogP) is 3.42. The molecule has 1 aliphatic rings. The molecule has 1 saturated heterocycles. The molecule has 0 bridgehead atoms. The van der Waals surface area contributed by atoms with Crippen molar-refractivity contribution in [3.05, 3.63) is 48.2 Å². The average molecular weight is 383 g/mol. The highest BCUT2D eigenvalue weighted by Crippen LogP contribution is 2.58. The van der Waals surface area contributed by atoms with Gasteiger partial charge >= 0.3 is 13.8 Å². The molecule has 1 aromatic carbocycles. The lowest BCUT2D eigenvalue weighted by Crippen LogP contribution is -2.44. The van der Waals surface area contributed by atoms with Crippen LogP contribution in [0.15, 0.2) is 42.6 Å². The smallest absolute Gasteiger partial charge is 0.469 e. The lowest BCUT2D eigenvalue weighted by atomic mass is 9.86. The first-order chi connectivity index (χ1) is 12.3. The molecule has 2 rings (SSSR count). The summed E-state index contributed by atoms with van der Waals surface area (Å²) in [5.41, 5.74) is 0.927. The van der Waals surface area contributed by atoms with E-state index in [2.05, 4.69) is 16.6 Å². The molecule has 1 fully saturated rings. The van der Waals surface area contributed by atoms with E-state index in [0.717, 1.165) is 5.56 Å². The van der Waals surface area contributed by atoms with E-state index >= 15 is 0 Å². The predicted molar refractivity (Wildman–Crippen MR) is 97.2 cm³/mol. The van der Waals surface area contributed by atoms with Crippen LogP contribution < -0.4 is 5.32 Å². The summed E-state index contributed by atoms with van der Waals surface area (Å²) in [5, 5.41) is 3.03. The van der Waals surface area contributed by atoms with Gasteiger partial charge in [-0.2, -0.15) is 0 Å². The highest BCUT2D eigenvalue weighted by atomic mass is 31.2. The minimum absolute atomic E-state index is 0.119. The van der Waals surface area contributed by atoms with Crippen LogP contribution in [0.5, 0.6) is 0 Å². The van der Waals surface area contributed by atoms with E-state index in [4.69, 9.17) is 13.6 Å². The highest BCUT2D eigenvalue weighted by molar-refractivity contribution is 7.48. The summed E-state index contributed by atoms with van der Waals surface area (Å²) in [6.45, 7) is 8.46. The van der Waals surface area contributed by atoms with Crippen molar-refractivity contribution in [2.24, 2.45) is 5.41 Å². The molecule has 0 aromatic heterocycles. The lowest BCUT2D eigenvalue weighted by molar-refractivity contribution is -0.140. The number of phosphoric ester groups is 1. The summed E-state index contributed by atoms with van der Waals surface area (Å²) in [7, 11) is -2.38. The van der Waals surface area contributed by atoms with Crippen molar-refractivity contribution in [3.8, 4) is 0 Å². The Kier molecular flexibility index (Phi) is 7.01. The van der Waals surface area contributed by atoms with Crippen LogP contribution in [-0.4, -0.2) is 32.3 Å². The number of rotatable bonds is 8. The van der Waals surface area contributed by atoms with Gasteiger partial charge in [-0.05, 0) is 5.56 Å². The fourth-order valence-electron chi connectivity index (χ4n) is 2.47. The Morgan fingerprint density at radius 2 is 2.08 bits per heavy atom. The molecular weight excluding hydrogens is 357 g/mol. The number of methoxy groups -OCH3 is 1. The summed E-state index contributed by atoms with van der Waals surface area (Å²) in [6.07, 6.45) is -0.392. The minimum Gasteiger partial charge on any atom is -0.469 e. The number of ether oxygens (including phenoxy) is 1. The third-order valence-corrected chi connectivity index (χ3v) is 5.36. The van der Waals surface area contributed by atoms with Crippen molar-refractivity contribution in [2.45, 2.75) is 33.0 Å². The van der Waals surface area contributed by atoms with Gasteiger partial charge in [-0.25, -0.2) is 4.57 Å². The first kappa shape index (κ1) is 20.6. The van der Waals surface area contributed by atoms with Gasteiger partial charge in [-0.1, -0.05) is 50.8 Å². The van der Waals surface area contributed by atoms with E-state index in [1.165, 1.54) is 7.11 Å². The van der Waals surface area contributed by atoms with Gasteiger partial charge in [0.15, 0.2) is 0 Å². The number of benzene rings is 1. The summed E-state index contributed by atoms with van der Waals surface area (Å²) in [4.78, 5) is 11.2. The summed E-state index contributed by atoms with van der Waals surface area (Å²) >= 11 is 0. The molecule has 0 amide bonds. The molecule has 2 atom stereocenters. The molecule has 0 spiro atoms. The second-order valence-corrected chi connectivity index (χ2v) is 8.35. The Morgan fingerprint density at radius 3 is 2.73 bits per heavy atom. The second-order valence-electron chi connectivity index (χ2n) is 6.73. The highest BCUT2D eigenvalue weighted by Gasteiger charge is 2.46. The van der Waals surface area contributed by atoms with Crippen molar-refractivity contribution in [2.75, 3.05) is 20.3 Å². The molecule has 0 unspecified atom stereocenters. The molecular formula is C18H26NO6P. The number of phosphoric acid groups is 1. The Balaban J connectivity index is 1.97. The van der Waals surface area contributed by atoms with Gasteiger partial charge in [0, 0.05) is 17.7 Å². The van der Waals surface area contributed by atoms with Gasteiger partial charge < -0.3 is 10.1 Å². The third kappa shape index (κ3) is 5.68. The van der Waals surface area contributed by atoms with Crippen molar-refractivity contribution in [1.82, 2.24) is 5.32 Å². The van der Waals surface area contributed by atoms with E-state index < -0.39 is 19.3 Å². The zero-order valence-corrected chi connectivity index (χ0v) is 16.3. The Hall–Kier alpha value is -1.66. The monoisotopic (exact) mass is 383 g/mol. The lowest BCUT2D eigenvalue weighted by Gasteiger charge is -2.41. The largest absolute Gasteiger partial charge is 0.475 e. The summed E-state index contributed by atoms with van der Waals surface area (Å²) < 4.78 is 34.0. The van der Waals surface area contributed by atoms with Crippen molar-refractivity contribution >= 4 is 13.8 Å². The Bertz CT molecular complexity index is 676. The van der Waals surface area contributed by atoms with Crippen molar-refractivity contribution in [1.29, 1.82) is 0 Å². The molecule has 26 heavy (non-hydrogen) atoms. The van der Waals surface area contributed by atoms with E-state index in [9.17, 15) is 9.36 Å². The Labute approximate surface area is 154 Å². The summed E-state index contributed by atoms with van der Waals surface area (Å²) in [5.74, 6) is -0.325. The number of carbonyl (C=O) groups excluding carboxylic acids is 1. The molecule has 1 aromatic rings. The zero-order valence-electron chi connectivity index (χ0n) is 15.4. The molecule has 0 saturated carbocycles. The van der Waals surface area contributed by atoms with Gasteiger partial charge in [-0.15, -0.1) is 0 Å². The SMILES string of the molecule is C=C(NCCC(=O)OC)[C@@H]1O[P@](=O)(OCc2ccccc2)OCC1(C)C. The third-order valence-electron chi connectivity index (χ3n) is 4.00. The van der Waals surface area contributed by atoms with Crippen LogP contribution in [0, 0.1) is 5.41 Å². The maximum Gasteiger partial charge on any atom is 0.475 e. The van der Waals surface area contributed by atoms with Gasteiger partial charge in [0.2, 0.25) is 0 Å². The van der Waals surface area contributed by atoms with Crippen molar-refractivity contribution < 1.29 is 27.7 Å². The molecule has 8 heteroatoms. The van der Waals surface area contributed by atoms with Gasteiger partial charge in [0.25, 0.3) is 0 Å². The fourth-order valence-corrected chi connectivity index (χ4v) is 4.14. The zero-order chi connectivity index (χ0) is 19.2. The molecule has 0 radical (unpaired) electrons. The molecule has 1 heterocycles. The fraction of sp³-hybridized carbons (Fsp3) is 0.500. The van der Waals surface area contributed by atoms with Crippen molar-refractivity contribution in [3.63, 3.8) is 0 Å². The molecule has 1 aliphatic heterocycles. The number of nitrogens with one attached hydrogen (secondary N) is 1. The maximum atomic E-state index is 12.8. The van der Waals surface area contributed by atoms with Crippen LogP contribution in [0.25, 0.3) is 0 Å². The van der Waals surface area contributed by atoms with Gasteiger partial charge in [0.1, 0.15) is 6.10 Å². The topological polar surface area (TPSA) is 83.1 Å². The van der Waals surface area contributed by atoms with E-state index in [1.807, 2.05) is 44.2 Å². The van der Waals surface area contributed by atoms with Gasteiger partial charge in [0.05, 0.1) is 26.7 Å². The number of carbonyl (C=O) groups is 1. The number of esters is 1. The second kappa shape index (κ2) is 8.82. The molecule has 1 N–H and O–H groups in total. The maximum absolute atomic E-state index is 12.8. The van der Waals surface area contributed by atoms with Gasteiger partial charge in [-0.3, -0.25) is 18.4 Å². The number of hydrogen-bond donors (Lipinski definition) is 1. The van der Waals surface area contributed by atoms with Crippen LogP contribution in [-0.2, 0) is 34.3 Å². The van der Waals surface area contributed by atoms with E-state index in [1.54, 1.807) is 0 Å². The molecule has 0 aliphatic carbocycles. The standard InChI is InChI=1S/C18H26NO6P/c1-14(19-11-10-16(20)22-4)17-18(2,3)13-24-26(21,25-17)23-12-15-8-6-5-7-9-15/h5-9,17,19H,1,10-13H2,2-4H3/t17-,26+/m0/s1.